The second kappa shape index (κ2) is 6.60. The molecule has 2 rings (SSSR count). The minimum atomic E-state index is -0.649. The quantitative estimate of drug-likeness (QED) is 0.931. The predicted molar refractivity (Wildman–Crippen MR) is 79.5 cm³/mol. The number of benzene rings is 1. The van der Waals surface area contributed by atoms with Gasteiger partial charge in [-0.1, -0.05) is 30.2 Å². The molecule has 1 aromatic rings. The first-order valence-corrected chi connectivity index (χ1v) is 6.58. The van der Waals surface area contributed by atoms with Gasteiger partial charge in [-0.25, -0.2) is 0 Å². The van der Waals surface area contributed by atoms with Crippen molar-refractivity contribution in [1.82, 2.24) is 5.32 Å². The smallest absolute Gasteiger partial charge is 0.157 e. The summed E-state index contributed by atoms with van der Waals surface area (Å²) in [5.74, 6) is 0.827. The lowest BCUT2D eigenvalue weighted by Crippen LogP contribution is -2.49. The number of halogens is 2. The molecule has 0 spiro atoms. The average molecular weight is 304 g/mol. The summed E-state index contributed by atoms with van der Waals surface area (Å²) < 4.78 is 5.23. The number of carbonyl (C=O) groups is 1. The molecule has 0 bridgehead atoms. The van der Waals surface area contributed by atoms with Gasteiger partial charge in [-0.15, -0.1) is 12.4 Å². The maximum absolute atomic E-state index is 12.3. The van der Waals surface area contributed by atoms with Gasteiger partial charge in [0.05, 0.1) is 12.1 Å². The maximum atomic E-state index is 12.3. The van der Waals surface area contributed by atoms with Crippen LogP contribution in [-0.4, -0.2) is 19.9 Å². The Balaban J connectivity index is 0.00000180. The van der Waals surface area contributed by atoms with Crippen molar-refractivity contribution in [3.05, 3.63) is 28.8 Å². The van der Waals surface area contributed by atoms with Crippen molar-refractivity contribution >= 4 is 29.8 Å². The van der Waals surface area contributed by atoms with Crippen LogP contribution in [0.3, 0.4) is 0 Å². The molecule has 1 N–H and O–H groups in total. The van der Waals surface area contributed by atoms with Crippen LogP contribution in [0.4, 0.5) is 0 Å². The van der Waals surface area contributed by atoms with Crippen LogP contribution in [0.15, 0.2) is 18.2 Å². The van der Waals surface area contributed by atoms with Crippen molar-refractivity contribution in [3.8, 4) is 5.75 Å². The van der Waals surface area contributed by atoms with E-state index in [0.29, 0.717) is 17.2 Å². The molecule has 0 saturated heterocycles. The first kappa shape index (κ1) is 16.3. The molecule has 0 aliphatic heterocycles. The van der Waals surface area contributed by atoms with E-state index in [9.17, 15) is 4.79 Å². The fourth-order valence-corrected chi connectivity index (χ4v) is 3.07. The zero-order chi connectivity index (χ0) is 13.2. The van der Waals surface area contributed by atoms with Gasteiger partial charge in [-0.05, 0) is 26.0 Å². The molecule has 0 aromatic heterocycles. The van der Waals surface area contributed by atoms with Crippen LogP contribution in [0, 0.1) is 0 Å². The highest BCUT2D eigenvalue weighted by atomic mass is 35.5. The SMILES string of the molecule is CNC1(c2cccc(OC)c2Cl)CCCCC1=O.Cl. The molecule has 1 atom stereocenters. The monoisotopic (exact) mass is 303 g/mol. The Kier molecular flexibility index (Phi) is 5.65. The summed E-state index contributed by atoms with van der Waals surface area (Å²) in [7, 11) is 3.40. The highest BCUT2D eigenvalue weighted by Crippen LogP contribution is 2.40. The third kappa shape index (κ3) is 2.73. The number of Topliss-reactive ketones (excluding diaryl/α,β-unsaturated/α-hetero) is 1. The molecule has 1 fully saturated rings. The minimum Gasteiger partial charge on any atom is -0.495 e. The van der Waals surface area contributed by atoms with Crippen LogP contribution in [-0.2, 0) is 10.3 Å². The van der Waals surface area contributed by atoms with Gasteiger partial charge in [-0.2, -0.15) is 0 Å². The molecular formula is C14H19Cl2NO2. The summed E-state index contributed by atoms with van der Waals surface area (Å²) in [5.41, 5.74) is 0.180. The topological polar surface area (TPSA) is 38.3 Å². The molecule has 0 amide bonds. The Morgan fingerprint density at radius 1 is 1.37 bits per heavy atom. The van der Waals surface area contributed by atoms with Gasteiger partial charge in [0.2, 0.25) is 0 Å². The number of hydrogen-bond acceptors (Lipinski definition) is 3. The van der Waals surface area contributed by atoms with E-state index < -0.39 is 5.54 Å². The normalized spacial score (nSPS) is 22.8. The summed E-state index contributed by atoms with van der Waals surface area (Å²) in [6, 6.07) is 5.59. The van der Waals surface area contributed by atoms with Crippen molar-refractivity contribution in [2.75, 3.05) is 14.2 Å². The Labute approximate surface area is 125 Å². The lowest BCUT2D eigenvalue weighted by atomic mass is 9.75. The molecule has 5 heteroatoms. The van der Waals surface area contributed by atoms with Crippen LogP contribution in [0.25, 0.3) is 0 Å². The third-order valence-corrected chi connectivity index (χ3v) is 4.14. The van der Waals surface area contributed by atoms with E-state index in [1.54, 1.807) is 7.11 Å². The fourth-order valence-electron chi connectivity index (χ4n) is 2.71. The molecule has 106 valence electrons. The van der Waals surface area contributed by atoms with Crippen LogP contribution in [0.2, 0.25) is 5.02 Å². The Morgan fingerprint density at radius 3 is 2.68 bits per heavy atom. The van der Waals surface area contributed by atoms with E-state index in [1.807, 2.05) is 25.2 Å². The number of likely N-dealkylation sites (N-methyl/N-ethyl adjacent to an activating group) is 1. The summed E-state index contributed by atoms with van der Waals surface area (Å²) in [5, 5.41) is 3.72. The van der Waals surface area contributed by atoms with E-state index in [1.165, 1.54) is 0 Å². The zero-order valence-corrected chi connectivity index (χ0v) is 12.7. The summed E-state index contributed by atoms with van der Waals surface area (Å²) >= 11 is 6.36. The number of ketones is 1. The summed E-state index contributed by atoms with van der Waals surface area (Å²) in [6.07, 6.45) is 3.38. The van der Waals surface area contributed by atoms with Crippen LogP contribution in [0.5, 0.6) is 5.75 Å². The van der Waals surface area contributed by atoms with Crippen LogP contribution in [0.1, 0.15) is 31.2 Å². The van der Waals surface area contributed by atoms with Gasteiger partial charge >= 0.3 is 0 Å². The standard InChI is InChI=1S/C14H18ClNO2.ClH/c1-16-14(9-4-3-8-12(14)17)10-6-5-7-11(18-2)13(10)15;/h5-7,16H,3-4,8-9H2,1-2H3;1H. The largest absolute Gasteiger partial charge is 0.495 e. The Morgan fingerprint density at radius 2 is 2.11 bits per heavy atom. The maximum Gasteiger partial charge on any atom is 0.157 e. The van der Waals surface area contributed by atoms with Gasteiger partial charge in [0, 0.05) is 12.0 Å². The molecular weight excluding hydrogens is 285 g/mol. The molecule has 0 heterocycles. The fraction of sp³-hybridized carbons (Fsp3) is 0.500. The second-order valence-electron chi connectivity index (χ2n) is 4.61. The van der Waals surface area contributed by atoms with E-state index in [4.69, 9.17) is 16.3 Å². The highest BCUT2D eigenvalue weighted by molar-refractivity contribution is 6.33. The van der Waals surface area contributed by atoms with E-state index in [-0.39, 0.29) is 18.2 Å². The molecule has 1 saturated carbocycles. The summed E-state index contributed by atoms with van der Waals surface area (Å²) in [4.78, 5) is 12.3. The number of ether oxygens (including phenoxy) is 1. The Hall–Kier alpha value is -0.770. The van der Waals surface area contributed by atoms with Gasteiger partial charge in [0.15, 0.2) is 5.78 Å². The van der Waals surface area contributed by atoms with E-state index in [2.05, 4.69) is 5.32 Å². The van der Waals surface area contributed by atoms with Gasteiger partial charge in [-0.3, -0.25) is 4.79 Å². The van der Waals surface area contributed by atoms with Crippen molar-refractivity contribution in [1.29, 1.82) is 0 Å². The first-order chi connectivity index (χ1) is 8.65. The molecule has 1 unspecified atom stereocenters. The molecule has 0 radical (unpaired) electrons. The number of rotatable bonds is 3. The molecule has 3 nitrogen and oxygen atoms in total. The number of methoxy groups -OCH3 is 1. The van der Waals surface area contributed by atoms with Crippen LogP contribution < -0.4 is 10.1 Å². The highest BCUT2D eigenvalue weighted by Gasteiger charge is 2.41. The predicted octanol–water partition coefficient (Wildman–Crippen LogP) is 3.33. The number of hydrogen-bond donors (Lipinski definition) is 1. The van der Waals surface area contributed by atoms with Crippen molar-refractivity contribution in [2.24, 2.45) is 0 Å². The lowest BCUT2D eigenvalue weighted by molar-refractivity contribution is -0.127. The van der Waals surface area contributed by atoms with E-state index >= 15 is 0 Å². The lowest BCUT2D eigenvalue weighted by Gasteiger charge is -2.36. The van der Waals surface area contributed by atoms with Gasteiger partial charge in [0.25, 0.3) is 0 Å². The molecule has 1 aromatic carbocycles. The minimum absolute atomic E-state index is 0. The van der Waals surface area contributed by atoms with Gasteiger partial charge in [0.1, 0.15) is 11.3 Å². The Bertz CT molecular complexity index is 465. The number of nitrogens with one attached hydrogen (secondary N) is 1. The van der Waals surface area contributed by atoms with Gasteiger partial charge < -0.3 is 10.1 Å². The molecule has 19 heavy (non-hydrogen) atoms. The molecule has 1 aliphatic rings. The number of carbonyl (C=O) groups excluding carboxylic acids is 1. The van der Waals surface area contributed by atoms with Crippen molar-refractivity contribution in [3.63, 3.8) is 0 Å². The second-order valence-corrected chi connectivity index (χ2v) is 4.99. The first-order valence-electron chi connectivity index (χ1n) is 6.21. The third-order valence-electron chi connectivity index (χ3n) is 3.75. The summed E-state index contributed by atoms with van der Waals surface area (Å²) in [6.45, 7) is 0. The van der Waals surface area contributed by atoms with E-state index in [0.717, 1.165) is 24.8 Å². The van der Waals surface area contributed by atoms with Crippen LogP contribution >= 0.6 is 24.0 Å². The zero-order valence-electron chi connectivity index (χ0n) is 11.2. The average Bonchev–Trinajstić information content (AvgIpc) is 2.40. The molecule has 1 aliphatic carbocycles. The van der Waals surface area contributed by atoms with Crippen molar-refractivity contribution < 1.29 is 9.53 Å². The van der Waals surface area contributed by atoms with Crippen molar-refractivity contribution in [2.45, 2.75) is 31.2 Å².